The van der Waals surface area contributed by atoms with E-state index in [1.165, 1.54) is 17.7 Å². The van der Waals surface area contributed by atoms with Crippen molar-refractivity contribution in [3.63, 3.8) is 0 Å². The first kappa shape index (κ1) is 7.23. The maximum Gasteiger partial charge on any atom is 0.0388 e. The van der Waals surface area contributed by atoms with Gasteiger partial charge in [0.05, 0.1) is 0 Å². The fourth-order valence-corrected chi connectivity index (χ4v) is 2.55. The van der Waals surface area contributed by atoms with E-state index in [9.17, 15) is 0 Å². The smallest absolute Gasteiger partial charge is 0.0388 e. The lowest BCUT2D eigenvalue weighted by molar-refractivity contribution is 0.626. The molecule has 1 unspecified atom stereocenters. The second-order valence-corrected chi connectivity index (χ2v) is 4.79. The van der Waals surface area contributed by atoms with E-state index in [1.54, 1.807) is 0 Å². The van der Waals surface area contributed by atoms with Crippen molar-refractivity contribution >= 4 is 11.8 Å². The minimum Gasteiger partial charge on any atom is -0.151 e. The van der Waals surface area contributed by atoms with Gasteiger partial charge in [-0.2, -0.15) is 11.8 Å². The van der Waals surface area contributed by atoms with Crippen LogP contribution in [-0.4, -0.2) is 5.75 Å². The average molecular weight is 164 g/mol. The minimum atomic E-state index is 0.432. The first-order valence-corrected chi connectivity index (χ1v) is 4.99. The van der Waals surface area contributed by atoms with Gasteiger partial charge in [-0.25, -0.2) is 0 Å². The van der Waals surface area contributed by atoms with E-state index < -0.39 is 0 Å². The van der Waals surface area contributed by atoms with Crippen LogP contribution in [0.25, 0.3) is 0 Å². The van der Waals surface area contributed by atoms with E-state index in [0.717, 1.165) is 0 Å². The zero-order valence-corrected chi connectivity index (χ0v) is 7.53. The zero-order chi connectivity index (χ0) is 7.73. The average Bonchev–Trinajstić information content (AvgIpc) is 2.02. The van der Waals surface area contributed by atoms with Crippen molar-refractivity contribution in [1.29, 1.82) is 0 Å². The van der Waals surface area contributed by atoms with Crippen molar-refractivity contribution < 1.29 is 0 Å². The summed E-state index contributed by atoms with van der Waals surface area (Å²) in [4.78, 5) is 0. The molecule has 0 amide bonds. The Balaban J connectivity index is 2.29. The maximum atomic E-state index is 2.33. The van der Waals surface area contributed by atoms with E-state index in [1.807, 2.05) is 0 Å². The van der Waals surface area contributed by atoms with Crippen LogP contribution in [0.1, 0.15) is 18.9 Å². The van der Waals surface area contributed by atoms with Gasteiger partial charge in [0, 0.05) is 4.75 Å². The Morgan fingerprint density at radius 3 is 2.36 bits per heavy atom. The molecule has 0 saturated carbocycles. The number of hydrogen-bond donors (Lipinski definition) is 0. The molecule has 1 aromatic carbocycles. The molecule has 1 heteroatoms. The summed E-state index contributed by atoms with van der Waals surface area (Å²) in [7, 11) is 0. The van der Waals surface area contributed by atoms with Crippen LogP contribution in [0.4, 0.5) is 0 Å². The molecule has 0 aromatic heterocycles. The number of benzene rings is 1. The van der Waals surface area contributed by atoms with Crippen molar-refractivity contribution in [2.24, 2.45) is 0 Å². The molecule has 11 heavy (non-hydrogen) atoms. The quantitative estimate of drug-likeness (QED) is 0.614. The Morgan fingerprint density at radius 1 is 1.27 bits per heavy atom. The minimum absolute atomic E-state index is 0.432. The molecule has 0 nitrogen and oxygen atoms in total. The van der Waals surface area contributed by atoms with E-state index in [0.29, 0.717) is 4.75 Å². The highest BCUT2D eigenvalue weighted by atomic mass is 32.2. The van der Waals surface area contributed by atoms with Crippen LogP contribution < -0.4 is 0 Å². The lowest BCUT2D eigenvalue weighted by Crippen LogP contribution is -2.27. The highest BCUT2D eigenvalue weighted by Crippen LogP contribution is 2.48. The largest absolute Gasteiger partial charge is 0.151 e. The second-order valence-electron chi connectivity index (χ2n) is 3.20. The van der Waals surface area contributed by atoms with Gasteiger partial charge < -0.3 is 0 Å². The molecule has 0 spiro atoms. The molecule has 1 aliphatic rings. The Bertz CT molecular complexity index is 236. The van der Waals surface area contributed by atoms with Gasteiger partial charge in [-0.1, -0.05) is 30.3 Å². The first-order valence-electron chi connectivity index (χ1n) is 4.01. The normalized spacial score (nSPS) is 29.5. The van der Waals surface area contributed by atoms with Crippen molar-refractivity contribution in [3.8, 4) is 0 Å². The van der Waals surface area contributed by atoms with Gasteiger partial charge in [-0.05, 0) is 24.7 Å². The van der Waals surface area contributed by atoms with Gasteiger partial charge in [-0.15, -0.1) is 0 Å². The summed E-state index contributed by atoms with van der Waals surface area (Å²) in [5.74, 6) is 1.32. The summed E-state index contributed by atoms with van der Waals surface area (Å²) in [6.07, 6.45) is 1.34. The topological polar surface area (TPSA) is 0 Å². The van der Waals surface area contributed by atoms with E-state index >= 15 is 0 Å². The molecule has 0 radical (unpaired) electrons. The molecular formula is C10H12S. The third-order valence-corrected chi connectivity index (χ3v) is 3.87. The van der Waals surface area contributed by atoms with E-state index in [2.05, 4.69) is 49.0 Å². The predicted molar refractivity (Wildman–Crippen MR) is 50.9 cm³/mol. The fourth-order valence-electron chi connectivity index (χ4n) is 1.43. The highest BCUT2D eigenvalue weighted by molar-refractivity contribution is 8.01. The van der Waals surface area contributed by atoms with Crippen molar-refractivity contribution in [3.05, 3.63) is 35.9 Å². The predicted octanol–water partition coefficient (Wildman–Crippen LogP) is 3.04. The standard InChI is InChI=1S/C10H12S/c1-10(7-8-11-10)9-5-3-2-4-6-9/h2-6H,7-8H2,1H3. The van der Waals surface area contributed by atoms with Gasteiger partial charge in [0.1, 0.15) is 0 Å². The lowest BCUT2D eigenvalue weighted by Gasteiger charge is -2.38. The van der Waals surface area contributed by atoms with Crippen LogP contribution in [0.15, 0.2) is 30.3 Å². The van der Waals surface area contributed by atoms with Gasteiger partial charge in [0.15, 0.2) is 0 Å². The molecule has 0 N–H and O–H groups in total. The third kappa shape index (κ3) is 1.18. The van der Waals surface area contributed by atoms with Crippen LogP contribution in [0.3, 0.4) is 0 Å². The van der Waals surface area contributed by atoms with Crippen LogP contribution in [0.5, 0.6) is 0 Å². The third-order valence-electron chi connectivity index (χ3n) is 2.38. The van der Waals surface area contributed by atoms with Gasteiger partial charge in [-0.3, -0.25) is 0 Å². The van der Waals surface area contributed by atoms with Crippen LogP contribution in [-0.2, 0) is 4.75 Å². The zero-order valence-electron chi connectivity index (χ0n) is 6.71. The molecule has 1 fully saturated rings. The van der Waals surface area contributed by atoms with Gasteiger partial charge in [0.2, 0.25) is 0 Å². The summed E-state index contributed by atoms with van der Waals surface area (Å²) < 4.78 is 0.432. The molecule has 1 heterocycles. The number of rotatable bonds is 1. The van der Waals surface area contributed by atoms with Crippen molar-refractivity contribution in [2.75, 3.05) is 5.75 Å². The SMILES string of the molecule is CC1(c2ccccc2)CCS1. The summed E-state index contributed by atoms with van der Waals surface area (Å²) in [6, 6.07) is 10.8. The Labute approximate surface area is 72.0 Å². The Morgan fingerprint density at radius 2 is 1.91 bits per heavy atom. The maximum absolute atomic E-state index is 2.33. The van der Waals surface area contributed by atoms with Crippen LogP contribution in [0.2, 0.25) is 0 Å². The monoisotopic (exact) mass is 164 g/mol. The molecular weight excluding hydrogens is 152 g/mol. The number of hydrogen-bond acceptors (Lipinski definition) is 1. The summed E-state index contributed by atoms with van der Waals surface area (Å²) in [6.45, 7) is 2.33. The van der Waals surface area contributed by atoms with Gasteiger partial charge >= 0.3 is 0 Å². The molecule has 1 atom stereocenters. The van der Waals surface area contributed by atoms with Crippen molar-refractivity contribution in [1.82, 2.24) is 0 Å². The molecule has 2 rings (SSSR count). The molecule has 58 valence electrons. The van der Waals surface area contributed by atoms with E-state index in [4.69, 9.17) is 0 Å². The summed E-state index contributed by atoms with van der Waals surface area (Å²) in [5.41, 5.74) is 1.48. The number of thioether (sulfide) groups is 1. The highest BCUT2D eigenvalue weighted by Gasteiger charge is 2.33. The molecule has 0 aliphatic carbocycles. The molecule has 0 bridgehead atoms. The molecule has 1 aliphatic heterocycles. The van der Waals surface area contributed by atoms with Crippen molar-refractivity contribution in [2.45, 2.75) is 18.1 Å². The van der Waals surface area contributed by atoms with Gasteiger partial charge in [0.25, 0.3) is 0 Å². The van der Waals surface area contributed by atoms with E-state index in [-0.39, 0.29) is 0 Å². The first-order chi connectivity index (χ1) is 5.31. The lowest BCUT2D eigenvalue weighted by atomic mass is 9.97. The molecule has 1 aromatic rings. The summed E-state index contributed by atoms with van der Waals surface area (Å²) >= 11 is 2.06. The summed E-state index contributed by atoms with van der Waals surface area (Å²) in [5, 5.41) is 0. The molecule has 1 saturated heterocycles. The van der Waals surface area contributed by atoms with Crippen LogP contribution in [0, 0.1) is 0 Å². The second kappa shape index (κ2) is 2.56. The fraction of sp³-hybridized carbons (Fsp3) is 0.400. The Hall–Kier alpha value is -0.430. The Kier molecular flexibility index (Phi) is 1.68. The van der Waals surface area contributed by atoms with Crippen LogP contribution >= 0.6 is 11.8 Å².